The molecule has 2 N–H and O–H groups in total. The lowest BCUT2D eigenvalue weighted by Gasteiger charge is -2.30. The van der Waals surface area contributed by atoms with Crippen molar-refractivity contribution in [1.82, 2.24) is 5.32 Å². The highest BCUT2D eigenvalue weighted by atomic mass is 16.5. The molecule has 1 aromatic rings. The number of hydrogen-bond donors (Lipinski definition) is 2. The van der Waals surface area contributed by atoms with Crippen molar-refractivity contribution >= 4 is 17.3 Å². The molecule has 1 saturated carbocycles. The normalized spacial score (nSPS) is 19.1. The molecule has 1 aromatic carbocycles. The van der Waals surface area contributed by atoms with Gasteiger partial charge in [0, 0.05) is 32.1 Å². The molecule has 1 aliphatic carbocycles. The summed E-state index contributed by atoms with van der Waals surface area (Å²) in [6.45, 7) is 4.05. The van der Waals surface area contributed by atoms with Gasteiger partial charge in [-0.1, -0.05) is 31.4 Å². The Morgan fingerprint density at radius 3 is 2.67 bits per heavy atom. The zero-order chi connectivity index (χ0) is 16.6. The Bertz CT molecular complexity index is 523. The van der Waals surface area contributed by atoms with Crippen LogP contribution in [0.2, 0.25) is 0 Å². The minimum absolute atomic E-state index is 0.165. The molecule has 0 atom stereocenters. The van der Waals surface area contributed by atoms with Crippen LogP contribution in [0.25, 0.3) is 0 Å². The van der Waals surface area contributed by atoms with Gasteiger partial charge in [0.05, 0.1) is 24.6 Å². The van der Waals surface area contributed by atoms with Gasteiger partial charge in [-0.05, 0) is 25.0 Å². The van der Waals surface area contributed by atoms with Crippen LogP contribution in [0.1, 0.15) is 38.5 Å². The van der Waals surface area contributed by atoms with Crippen LogP contribution < -0.4 is 15.5 Å². The Balaban J connectivity index is 1.46. The topological polar surface area (TPSA) is 53.6 Å². The molecule has 5 heteroatoms. The predicted molar refractivity (Wildman–Crippen MR) is 97.6 cm³/mol. The van der Waals surface area contributed by atoms with Crippen molar-refractivity contribution in [3.05, 3.63) is 24.3 Å². The summed E-state index contributed by atoms with van der Waals surface area (Å²) < 4.78 is 5.43. The number of nitrogens with one attached hydrogen (secondary N) is 2. The average molecular weight is 331 g/mol. The Kier molecular flexibility index (Phi) is 6.35. The highest BCUT2D eigenvalue weighted by Crippen LogP contribution is 2.26. The fraction of sp³-hybridized carbons (Fsp3) is 0.632. The first kappa shape index (κ1) is 17.1. The lowest BCUT2D eigenvalue weighted by atomic mass is 9.95. The number of hydrogen-bond acceptors (Lipinski definition) is 4. The van der Waals surface area contributed by atoms with E-state index in [-0.39, 0.29) is 5.91 Å². The molecule has 1 heterocycles. The molecule has 0 unspecified atom stereocenters. The van der Waals surface area contributed by atoms with Crippen molar-refractivity contribution in [2.75, 3.05) is 43.1 Å². The van der Waals surface area contributed by atoms with Gasteiger partial charge >= 0.3 is 0 Å². The number of rotatable bonds is 6. The first-order valence-corrected chi connectivity index (χ1v) is 9.28. The summed E-state index contributed by atoms with van der Waals surface area (Å²) in [7, 11) is 0. The molecule has 0 aromatic heterocycles. The maximum absolute atomic E-state index is 12.1. The number of anilines is 2. The van der Waals surface area contributed by atoms with E-state index in [9.17, 15) is 4.79 Å². The Hall–Kier alpha value is -1.75. The molecule has 1 amide bonds. The molecule has 1 aliphatic heterocycles. The molecular weight excluding hydrogens is 302 g/mol. The van der Waals surface area contributed by atoms with Crippen LogP contribution in [0.15, 0.2) is 24.3 Å². The molecule has 0 radical (unpaired) electrons. The summed E-state index contributed by atoms with van der Waals surface area (Å²) in [5.74, 6) is 0.165. The molecule has 132 valence electrons. The van der Waals surface area contributed by atoms with E-state index in [0.717, 1.165) is 44.8 Å². The maximum atomic E-state index is 12.1. The van der Waals surface area contributed by atoms with Gasteiger partial charge in [0.2, 0.25) is 5.91 Å². The first-order valence-electron chi connectivity index (χ1n) is 9.28. The van der Waals surface area contributed by atoms with Crippen molar-refractivity contribution in [2.24, 2.45) is 0 Å². The second kappa shape index (κ2) is 8.92. The minimum atomic E-state index is 0.165. The largest absolute Gasteiger partial charge is 0.383 e. The molecule has 24 heavy (non-hydrogen) atoms. The maximum Gasteiger partial charge on any atom is 0.221 e. The predicted octanol–water partition coefficient (Wildman–Crippen LogP) is 2.77. The second-order valence-corrected chi connectivity index (χ2v) is 6.70. The number of carbonyl (C=O) groups excluding carboxylic acids is 1. The smallest absolute Gasteiger partial charge is 0.221 e. The third kappa shape index (κ3) is 4.87. The highest BCUT2D eigenvalue weighted by molar-refractivity contribution is 5.77. The van der Waals surface area contributed by atoms with Crippen molar-refractivity contribution in [2.45, 2.75) is 44.6 Å². The summed E-state index contributed by atoms with van der Waals surface area (Å²) >= 11 is 0. The Morgan fingerprint density at radius 2 is 1.88 bits per heavy atom. The van der Waals surface area contributed by atoms with Gasteiger partial charge in [-0.25, -0.2) is 0 Å². The lowest BCUT2D eigenvalue weighted by Crippen LogP contribution is -2.37. The number of para-hydroxylation sites is 2. The zero-order valence-electron chi connectivity index (χ0n) is 14.4. The molecule has 3 rings (SSSR count). The summed E-state index contributed by atoms with van der Waals surface area (Å²) in [5.41, 5.74) is 2.30. The molecule has 5 nitrogen and oxygen atoms in total. The summed E-state index contributed by atoms with van der Waals surface area (Å²) in [6.07, 6.45) is 6.60. The van der Waals surface area contributed by atoms with E-state index in [1.54, 1.807) is 0 Å². The van der Waals surface area contributed by atoms with Crippen LogP contribution in [0.3, 0.4) is 0 Å². The van der Waals surface area contributed by atoms with Crippen LogP contribution in [-0.2, 0) is 9.53 Å². The molecule has 2 aliphatic rings. The molecule has 1 saturated heterocycles. The fourth-order valence-corrected chi connectivity index (χ4v) is 3.56. The molecular formula is C19H29N3O2. The van der Waals surface area contributed by atoms with Crippen molar-refractivity contribution < 1.29 is 9.53 Å². The Morgan fingerprint density at radius 1 is 1.12 bits per heavy atom. The van der Waals surface area contributed by atoms with Crippen molar-refractivity contribution in [1.29, 1.82) is 0 Å². The summed E-state index contributed by atoms with van der Waals surface area (Å²) in [5, 5.41) is 6.61. The van der Waals surface area contributed by atoms with Gasteiger partial charge in [-0.3, -0.25) is 4.79 Å². The van der Waals surface area contributed by atoms with Gasteiger partial charge in [0.25, 0.3) is 0 Å². The van der Waals surface area contributed by atoms with Crippen LogP contribution >= 0.6 is 0 Å². The number of carbonyl (C=O) groups is 1. The van der Waals surface area contributed by atoms with Gasteiger partial charge in [-0.15, -0.1) is 0 Å². The number of amides is 1. The minimum Gasteiger partial charge on any atom is -0.383 e. The number of nitrogens with zero attached hydrogens (tertiary/aromatic N) is 1. The van der Waals surface area contributed by atoms with Gasteiger partial charge in [-0.2, -0.15) is 0 Å². The Labute approximate surface area is 144 Å². The number of ether oxygens (including phenoxy) is 1. The molecule has 0 bridgehead atoms. The van der Waals surface area contributed by atoms with E-state index >= 15 is 0 Å². The summed E-state index contributed by atoms with van der Waals surface area (Å²) in [6, 6.07) is 8.71. The van der Waals surface area contributed by atoms with Gasteiger partial charge in [0.1, 0.15) is 0 Å². The van der Waals surface area contributed by atoms with Gasteiger partial charge in [0.15, 0.2) is 0 Å². The number of benzene rings is 1. The van der Waals surface area contributed by atoms with E-state index in [1.807, 2.05) is 6.07 Å². The van der Waals surface area contributed by atoms with E-state index in [1.165, 1.54) is 24.9 Å². The molecule has 0 spiro atoms. The third-order valence-electron chi connectivity index (χ3n) is 4.89. The van der Waals surface area contributed by atoms with E-state index in [2.05, 4.69) is 33.7 Å². The van der Waals surface area contributed by atoms with Gasteiger partial charge < -0.3 is 20.3 Å². The standard InChI is InChI=1S/C19H29N3O2/c23-19(21-16-6-2-1-3-7-16)10-11-20-17-8-4-5-9-18(17)22-12-14-24-15-13-22/h4-5,8-9,16,20H,1-3,6-7,10-15H2,(H,21,23). The average Bonchev–Trinajstić information content (AvgIpc) is 2.64. The second-order valence-electron chi connectivity index (χ2n) is 6.70. The van der Waals surface area contributed by atoms with Crippen LogP contribution in [0, 0.1) is 0 Å². The first-order chi connectivity index (χ1) is 11.8. The lowest BCUT2D eigenvalue weighted by molar-refractivity contribution is -0.121. The van der Waals surface area contributed by atoms with Crippen LogP contribution in [0.4, 0.5) is 11.4 Å². The van der Waals surface area contributed by atoms with E-state index in [4.69, 9.17) is 4.74 Å². The monoisotopic (exact) mass is 331 g/mol. The van der Waals surface area contributed by atoms with E-state index < -0.39 is 0 Å². The van der Waals surface area contributed by atoms with Crippen LogP contribution in [-0.4, -0.2) is 44.8 Å². The third-order valence-corrected chi connectivity index (χ3v) is 4.89. The molecule has 2 fully saturated rings. The van der Waals surface area contributed by atoms with Crippen LogP contribution in [0.5, 0.6) is 0 Å². The summed E-state index contributed by atoms with van der Waals surface area (Å²) in [4.78, 5) is 14.5. The number of morpholine rings is 1. The highest BCUT2D eigenvalue weighted by Gasteiger charge is 2.16. The fourth-order valence-electron chi connectivity index (χ4n) is 3.56. The zero-order valence-corrected chi connectivity index (χ0v) is 14.4. The SMILES string of the molecule is O=C(CCNc1ccccc1N1CCOCC1)NC1CCCCC1. The quantitative estimate of drug-likeness (QED) is 0.842. The van der Waals surface area contributed by atoms with Crippen molar-refractivity contribution in [3.8, 4) is 0 Å². The van der Waals surface area contributed by atoms with E-state index in [0.29, 0.717) is 19.0 Å². The van der Waals surface area contributed by atoms with Crippen molar-refractivity contribution in [3.63, 3.8) is 0 Å².